The molecular weight excluding hydrogens is 338 g/mol. The van der Waals surface area contributed by atoms with Crippen molar-refractivity contribution in [2.75, 3.05) is 12.9 Å². The molecule has 0 aromatic heterocycles. The average molecular weight is 354 g/mol. The van der Waals surface area contributed by atoms with Gasteiger partial charge >= 0.3 is 0 Å². The molecule has 0 amide bonds. The van der Waals surface area contributed by atoms with Gasteiger partial charge in [-0.3, -0.25) is 4.21 Å². The summed E-state index contributed by atoms with van der Waals surface area (Å²) in [6, 6.07) is 14.8. The number of halogens is 1. The van der Waals surface area contributed by atoms with E-state index >= 15 is 0 Å². The molecule has 0 saturated carbocycles. The van der Waals surface area contributed by atoms with Crippen LogP contribution in [0.5, 0.6) is 5.75 Å². The van der Waals surface area contributed by atoms with Crippen molar-refractivity contribution >= 4 is 26.7 Å². The van der Waals surface area contributed by atoms with E-state index in [0.717, 1.165) is 20.7 Å². The predicted molar refractivity (Wildman–Crippen MR) is 85.3 cm³/mol. The van der Waals surface area contributed by atoms with Crippen LogP contribution >= 0.6 is 15.9 Å². The average Bonchev–Trinajstić information content (AvgIpc) is 2.47. The minimum Gasteiger partial charge on any atom is -0.497 e. The summed E-state index contributed by atoms with van der Waals surface area (Å²) in [5.74, 6) is 1.17. The van der Waals surface area contributed by atoms with Gasteiger partial charge in [0.15, 0.2) is 0 Å². The Morgan fingerprint density at radius 2 is 1.85 bits per heavy atom. The van der Waals surface area contributed by atoms with Crippen LogP contribution < -0.4 is 10.5 Å². The van der Waals surface area contributed by atoms with Crippen LogP contribution in [0.4, 0.5) is 0 Å². The van der Waals surface area contributed by atoms with Gasteiger partial charge in [-0.05, 0) is 45.8 Å². The number of hydrogen-bond donors (Lipinski definition) is 1. The summed E-state index contributed by atoms with van der Waals surface area (Å²) in [5, 5.41) is 0. The lowest BCUT2D eigenvalue weighted by Gasteiger charge is -2.13. The molecule has 0 heterocycles. The normalized spacial score (nSPS) is 13.8. The van der Waals surface area contributed by atoms with E-state index in [1.807, 2.05) is 48.5 Å². The maximum atomic E-state index is 12.3. The largest absolute Gasteiger partial charge is 0.497 e. The van der Waals surface area contributed by atoms with Gasteiger partial charge in [0, 0.05) is 16.3 Å². The molecule has 2 unspecified atom stereocenters. The molecule has 2 aromatic carbocycles. The first-order chi connectivity index (χ1) is 9.61. The number of hydrogen-bond acceptors (Lipinski definition) is 3. The molecule has 5 heteroatoms. The predicted octanol–water partition coefficient (Wildman–Crippen LogP) is 3.27. The molecule has 0 aliphatic rings. The van der Waals surface area contributed by atoms with Crippen molar-refractivity contribution in [2.24, 2.45) is 5.73 Å². The van der Waals surface area contributed by atoms with Gasteiger partial charge in [-0.25, -0.2) is 0 Å². The zero-order valence-electron chi connectivity index (χ0n) is 11.1. The molecule has 106 valence electrons. The van der Waals surface area contributed by atoms with Crippen LogP contribution in [-0.2, 0) is 10.8 Å². The van der Waals surface area contributed by atoms with E-state index in [2.05, 4.69) is 15.9 Å². The Hall–Kier alpha value is -1.17. The highest BCUT2D eigenvalue weighted by Gasteiger charge is 2.14. The highest BCUT2D eigenvalue weighted by atomic mass is 79.9. The highest BCUT2D eigenvalue weighted by molar-refractivity contribution is 9.10. The summed E-state index contributed by atoms with van der Waals surface area (Å²) in [4.78, 5) is 0.775. The first-order valence-electron chi connectivity index (χ1n) is 6.14. The number of ether oxygens (including phenoxy) is 1. The number of nitrogens with two attached hydrogens (primary N) is 1. The van der Waals surface area contributed by atoms with Gasteiger partial charge in [0.05, 0.1) is 22.8 Å². The second-order valence-corrected chi connectivity index (χ2v) is 6.64. The first kappa shape index (κ1) is 15.2. The zero-order valence-corrected chi connectivity index (χ0v) is 13.5. The summed E-state index contributed by atoms with van der Waals surface area (Å²) in [7, 11) is 0.486. The lowest BCUT2D eigenvalue weighted by molar-refractivity contribution is 0.414. The van der Waals surface area contributed by atoms with Crippen LogP contribution in [0.2, 0.25) is 0 Å². The summed E-state index contributed by atoms with van der Waals surface area (Å²) in [6.07, 6.45) is 0. The Morgan fingerprint density at radius 1 is 1.20 bits per heavy atom. The monoisotopic (exact) mass is 353 g/mol. The van der Waals surface area contributed by atoms with Gasteiger partial charge < -0.3 is 10.5 Å². The third kappa shape index (κ3) is 3.69. The van der Waals surface area contributed by atoms with Crippen LogP contribution in [0, 0.1) is 0 Å². The van der Waals surface area contributed by atoms with E-state index in [0.29, 0.717) is 5.75 Å². The van der Waals surface area contributed by atoms with Crippen molar-refractivity contribution < 1.29 is 8.95 Å². The van der Waals surface area contributed by atoms with Crippen molar-refractivity contribution in [1.82, 2.24) is 0 Å². The van der Waals surface area contributed by atoms with Crippen LogP contribution in [-0.4, -0.2) is 17.1 Å². The van der Waals surface area contributed by atoms with Gasteiger partial charge in [-0.2, -0.15) is 0 Å². The third-order valence-corrected chi connectivity index (χ3v) is 5.42. The van der Waals surface area contributed by atoms with E-state index in [1.54, 1.807) is 7.11 Å². The lowest BCUT2D eigenvalue weighted by atomic mass is 10.1. The fourth-order valence-corrected chi connectivity index (χ4v) is 3.87. The van der Waals surface area contributed by atoms with Crippen molar-refractivity contribution in [1.29, 1.82) is 0 Å². The minimum absolute atomic E-state index is 0.270. The van der Waals surface area contributed by atoms with Gasteiger partial charge in [0.1, 0.15) is 5.75 Å². The lowest BCUT2D eigenvalue weighted by Crippen LogP contribution is -2.18. The summed E-state index contributed by atoms with van der Waals surface area (Å²) >= 11 is 3.41. The molecule has 3 nitrogen and oxygen atoms in total. The van der Waals surface area contributed by atoms with Gasteiger partial charge in [-0.1, -0.05) is 24.3 Å². The van der Waals surface area contributed by atoms with E-state index in [1.165, 1.54) is 0 Å². The quantitative estimate of drug-likeness (QED) is 0.897. The fourth-order valence-electron chi connectivity index (χ4n) is 1.83. The van der Waals surface area contributed by atoms with Crippen LogP contribution in [0.25, 0.3) is 0 Å². The molecule has 2 rings (SSSR count). The Labute approximate surface area is 129 Å². The first-order valence-corrected chi connectivity index (χ1v) is 8.25. The SMILES string of the molecule is COc1ccc(C(N)CS(=O)c2ccccc2Br)cc1. The number of rotatable bonds is 5. The molecule has 0 aliphatic heterocycles. The molecule has 0 bridgehead atoms. The van der Waals surface area contributed by atoms with E-state index < -0.39 is 10.8 Å². The molecule has 2 N–H and O–H groups in total. The molecule has 0 spiro atoms. The van der Waals surface area contributed by atoms with Crippen molar-refractivity contribution in [2.45, 2.75) is 10.9 Å². The minimum atomic E-state index is -1.14. The second kappa shape index (κ2) is 7.02. The maximum Gasteiger partial charge on any atom is 0.118 e. The van der Waals surface area contributed by atoms with Crippen LogP contribution in [0.3, 0.4) is 0 Å². The molecule has 2 atom stereocenters. The molecule has 0 aliphatic carbocycles. The highest BCUT2D eigenvalue weighted by Crippen LogP contribution is 2.23. The zero-order chi connectivity index (χ0) is 14.5. The Balaban J connectivity index is 2.09. The maximum absolute atomic E-state index is 12.3. The van der Waals surface area contributed by atoms with Gasteiger partial charge in [0.25, 0.3) is 0 Å². The Morgan fingerprint density at radius 3 is 2.45 bits per heavy atom. The number of benzene rings is 2. The fraction of sp³-hybridized carbons (Fsp3) is 0.200. The Bertz CT molecular complexity index is 601. The van der Waals surface area contributed by atoms with E-state index in [-0.39, 0.29) is 6.04 Å². The molecule has 2 aromatic rings. The van der Waals surface area contributed by atoms with Crippen molar-refractivity contribution in [3.63, 3.8) is 0 Å². The second-order valence-electron chi connectivity index (χ2n) is 4.32. The molecular formula is C15H16BrNO2S. The van der Waals surface area contributed by atoms with Crippen molar-refractivity contribution in [3.8, 4) is 5.75 Å². The standard InChI is InChI=1S/C15H16BrNO2S/c1-19-12-8-6-11(7-9-12)14(17)10-20(18)15-5-3-2-4-13(15)16/h2-9,14H,10,17H2,1H3. The van der Waals surface area contributed by atoms with E-state index in [4.69, 9.17) is 10.5 Å². The molecule has 0 fully saturated rings. The van der Waals surface area contributed by atoms with Gasteiger partial charge in [-0.15, -0.1) is 0 Å². The third-order valence-electron chi connectivity index (χ3n) is 2.96. The Kier molecular flexibility index (Phi) is 5.34. The summed E-state index contributed by atoms with van der Waals surface area (Å²) in [6.45, 7) is 0. The van der Waals surface area contributed by atoms with Gasteiger partial charge in [0.2, 0.25) is 0 Å². The molecule has 0 radical (unpaired) electrons. The topological polar surface area (TPSA) is 52.3 Å². The molecule has 0 saturated heterocycles. The van der Waals surface area contributed by atoms with Crippen molar-refractivity contribution in [3.05, 3.63) is 58.6 Å². The molecule has 20 heavy (non-hydrogen) atoms. The van der Waals surface area contributed by atoms with Crippen LogP contribution in [0.15, 0.2) is 57.9 Å². The number of methoxy groups -OCH3 is 1. The summed E-state index contributed by atoms with van der Waals surface area (Å²) in [5.41, 5.74) is 7.08. The smallest absolute Gasteiger partial charge is 0.118 e. The van der Waals surface area contributed by atoms with E-state index in [9.17, 15) is 4.21 Å². The van der Waals surface area contributed by atoms with Crippen LogP contribution in [0.1, 0.15) is 11.6 Å². The summed E-state index contributed by atoms with van der Waals surface area (Å²) < 4.78 is 18.3.